The maximum absolute atomic E-state index is 11.8. The molecule has 2 rings (SSSR count). The highest BCUT2D eigenvalue weighted by atomic mass is 16.5. The van der Waals surface area contributed by atoms with Crippen LogP contribution >= 0.6 is 0 Å². The Kier molecular flexibility index (Phi) is 4.43. The van der Waals surface area contributed by atoms with Crippen LogP contribution in [0.4, 0.5) is 0 Å². The van der Waals surface area contributed by atoms with Gasteiger partial charge in [0.1, 0.15) is 5.75 Å². The summed E-state index contributed by atoms with van der Waals surface area (Å²) in [6.07, 6.45) is 0.598. The van der Waals surface area contributed by atoms with E-state index >= 15 is 0 Å². The fourth-order valence-electron chi connectivity index (χ4n) is 2.34. The van der Waals surface area contributed by atoms with Crippen LogP contribution in [0.15, 0.2) is 24.3 Å². The molecule has 1 aromatic carbocycles. The van der Waals surface area contributed by atoms with Gasteiger partial charge in [-0.25, -0.2) is 0 Å². The molecule has 0 aliphatic carbocycles. The van der Waals surface area contributed by atoms with Crippen molar-refractivity contribution in [3.8, 4) is 5.75 Å². The molecule has 1 aromatic rings. The summed E-state index contributed by atoms with van der Waals surface area (Å²) in [5, 5.41) is 9.11. The van der Waals surface area contributed by atoms with Crippen molar-refractivity contribution in [3.05, 3.63) is 29.8 Å². The molecular formula is C15H21NO3. The smallest absolute Gasteiger partial charge is 0.223 e. The first-order valence-corrected chi connectivity index (χ1v) is 6.72. The molecule has 0 radical (unpaired) electrons. The first kappa shape index (κ1) is 13.9. The molecule has 1 saturated heterocycles. The molecule has 4 nitrogen and oxygen atoms in total. The number of carbonyl (C=O) groups is 1. The Labute approximate surface area is 114 Å². The van der Waals surface area contributed by atoms with Gasteiger partial charge in [0.2, 0.25) is 5.91 Å². The second-order valence-corrected chi connectivity index (χ2v) is 5.34. The SMILES string of the molecule is CC(C)Oc1cccc(CN2CC(CO)CC2=O)c1. The molecule has 1 aliphatic heterocycles. The van der Waals surface area contributed by atoms with Crippen molar-refractivity contribution in [1.29, 1.82) is 0 Å². The maximum Gasteiger partial charge on any atom is 0.223 e. The van der Waals surface area contributed by atoms with Crippen LogP contribution in [-0.2, 0) is 11.3 Å². The Morgan fingerprint density at radius 2 is 2.26 bits per heavy atom. The molecule has 1 aliphatic rings. The van der Waals surface area contributed by atoms with E-state index in [1.54, 1.807) is 4.90 Å². The summed E-state index contributed by atoms with van der Waals surface area (Å²) >= 11 is 0. The Hall–Kier alpha value is -1.55. The largest absolute Gasteiger partial charge is 0.491 e. The number of ether oxygens (including phenoxy) is 1. The Morgan fingerprint density at radius 3 is 2.89 bits per heavy atom. The van der Waals surface area contributed by atoms with E-state index in [1.165, 1.54) is 0 Å². The third-order valence-corrected chi connectivity index (χ3v) is 3.20. The van der Waals surface area contributed by atoms with Crippen LogP contribution in [0, 0.1) is 5.92 Å². The van der Waals surface area contributed by atoms with Crippen molar-refractivity contribution < 1.29 is 14.6 Å². The second kappa shape index (κ2) is 6.06. The molecule has 1 fully saturated rings. The lowest BCUT2D eigenvalue weighted by atomic mass is 10.1. The average molecular weight is 263 g/mol. The fraction of sp³-hybridized carbons (Fsp3) is 0.533. The number of benzene rings is 1. The summed E-state index contributed by atoms with van der Waals surface area (Å²) in [4.78, 5) is 13.6. The lowest BCUT2D eigenvalue weighted by molar-refractivity contribution is -0.128. The van der Waals surface area contributed by atoms with E-state index in [9.17, 15) is 4.79 Å². The first-order chi connectivity index (χ1) is 9.08. The normalized spacial score (nSPS) is 19.3. The van der Waals surface area contributed by atoms with E-state index < -0.39 is 0 Å². The minimum absolute atomic E-state index is 0.0821. The number of aliphatic hydroxyl groups is 1. The van der Waals surface area contributed by atoms with Crippen LogP contribution in [0.5, 0.6) is 5.75 Å². The zero-order valence-electron chi connectivity index (χ0n) is 11.5. The van der Waals surface area contributed by atoms with Gasteiger partial charge >= 0.3 is 0 Å². The molecule has 0 saturated carbocycles. The van der Waals surface area contributed by atoms with Crippen molar-refractivity contribution in [3.63, 3.8) is 0 Å². The third kappa shape index (κ3) is 3.70. The number of aliphatic hydroxyl groups excluding tert-OH is 1. The minimum Gasteiger partial charge on any atom is -0.491 e. The number of amides is 1. The zero-order chi connectivity index (χ0) is 13.8. The molecule has 1 N–H and O–H groups in total. The van der Waals surface area contributed by atoms with Gasteiger partial charge in [0, 0.05) is 32.0 Å². The number of likely N-dealkylation sites (tertiary alicyclic amines) is 1. The summed E-state index contributed by atoms with van der Waals surface area (Å²) in [7, 11) is 0. The lowest BCUT2D eigenvalue weighted by Gasteiger charge is -2.17. The molecular weight excluding hydrogens is 242 g/mol. The van der Waals surface area contributed by atoms with Gasteiger partial charge in [0.25, 0.3) is 0 Å². The Balaban J connectivity index is 2.01. The van der Waals surface area contributed by atoms with Gasteiger partial charge in [-0.15, -0.1) is 0 Å². The summed E-state index contributed by atoms with van der Waals surface area (Å²) in [6.45, 7) is 5.29. The van der Waals surface area contributed by atoms with Crippen molar-refractivity contribution in [2.24, 2.45) is 5.92 Å². The third-order valence-electron chi connectivity index (χ3n) is 3.20. The highest BCUT2D eigenvalue weighted by Gasteiger charge is 2.28. The minimum atomic E-state index is 0.0821. The number of rotatable bonds is 5. The highest BCUT2D eigenvalue weighted by molar-refractivity contribution is 5.78. The van der Waals surface area contributed by atoms with E-state index in [-0.39, 0.29) is 24.5 Å². The molecule has 0 spiro atoms. The van der Waals surface area contributed by atoms with Crippen LogP contribution in [0.1, 0.15) is 25.8 Å². The van der Waals surface area contributed by atoms with Gasteiger partial charge in [-0.1, -0.05) is 12.1 Å². The fourth-order valence-corrected chi connectivity index (χ4v) is 2.34. The van der Waals surface area contributed by atoms with Gasteiger partial charge in [-0.2, -0.15) is 0 Å². The van der Waals surface area contributed by atoms with E-state index in [0.717, 1.165) is 11.3 Å². The molecule has 1 heterocycles. The van der Waals surface area contributed by atoms with Crippen LogP contribution < -0.4 is 4.74 Å². The molecule has 1 unspecified atom stereocenters. The summed E-state index contributed by atoms with van der Waals surface area (Å²) in [6, 6.07) is 7.83. The van der Waals surface area contributed by atoms with Gasteiger partial charge in [0.05, 0.1) is 6.10 Å². The van der Waals surface area contributed by atoms with Crippen molar-refractivity contribution in [1.82, 2.24) is 4.90 Å². The van der Waals surface area contributed by atoms with Crippen LogP contribution in [0.3, 0.4) is 0 Å². The predicted octanol–water partition coefficient (Wildman–Crippen LogP) is 1.81. The van der Waals surface area contributed by atoms with Crippen molar-refractivity contribution >= 4 is 5.91 Å². The summed E-state index contributed by atoms with van der Waals surface area (Å²) < 4.78 is 5.65. The van der Waals surface area contributed by atoms with E-state index in [4.69, 9.17) is 9.84 Å². The maximum atomic E-state index is 11.8. The summed E-state index contributed by atoms with van der Waals surface area (Å²) in [5.74, 6) is 1.04. The van der Waals surface area contributed by atoms with Gasteiger partial charge < -0.3 is 14.7 Å². The summed E-state index contributed by atoms with van der Waals surface area (Å²) in [5.41, 5.74) is 1.06. The highest BCUT2D eigenvalue weighted by Crippen LogP contribution is 2.21. The topological polar surface area (TPSA) is 49.8 Å². The Bertz CT molecular complexity index is 445. The van der Waals surface area contributed by atoms with Gasteiger partial charge in [-0.3, -0.25) is 4.79 Å². The molecule has 19 heavy (non-hydrogen) atoms. The first-order valence-electron chi connectivity index (χ1n) is 6.72. The van der Waals surface area contributed by atoms with Crippen molar-refractivity contribution in [2.75, 3.05) is 13.2 Å². The lowest BCUT2D eigenvalue weighted by Crippen LogP contribution is -2.25. The second-order valence-electron chi connectivity index (χ2n) is 5.34. The monoisotopic (exact) mass is 263 g/mol. The van der Waals surface area contributed by atoms with Crippen molar-refractivity contribution in [2.45, 2.75) is 32.9 Å². The van der Waals surface area contributed by atoms with Crippen LogP contribution in [-0.4, -0.2) is 35.2 Å². The molecule has 0 bridgehead atoms. The van der Waals surface area contributed by atoms with Crippen LogP contribution in [0.2, 0.25) is 0 Å². The van der Waals surface area contributed by atoms with E-state index in [2.05, 4.69) is 0 Å². The average Bonchev–Trinajstić information content (AvgIpc) is 2.70. The molecule has 104 valence electrons. The van der Waals surface area contributed by atoms with Gasteiger partial charge in [0.15, 0.2) is 0 Å². The van der Waals surface area contributed by atoms with Gasteiger partial charge in [-0.05, 0) is 31.5 Å². The zero-order valence-corrected chi connectivity index (χ0v) is 11.5. The number of hydrogen-bond acceptors (Lipinski definition) is 3. The molecule has 1 atom stereocenters. The standard InChI is InChI=1S/C15H21NO3/c1-11(2)19-14-5-3-4-12(6-14)8-16-9-13(10-17)7-15(16)18/h3-6,11,13,17H,7-10H2,1-2H3. The Morgan fingerprint density at radius 1 is 1.47 bits per heavy atom. The molecule has 0 aromatic heterocycles. The van der Waals surface area contributed by atoms with Crippen LogP contribution in [0.25, 0.3) is 0 Å². The number of hydrogen-bond donors (Lipinski definition) is 1. The molecule has 1 amide bonds. The van der Waals surface area contributed by atoms with E-state index in [0.29, 0.717) is 19.5 Å². The quantitative estimate of drug-likeness (QED) is 0.881. The predicted molar refractivity (Wildman–Crippen MR) is 72.8 cm³/mol. The molecule has 4 heteroatoms. The number of carbonyl (C=O) groups excluding carboxylic acids is 1. The van der Waals surface area contributed by atoms with E-state index in [1.807, 2.05) is 38.1 Å². The number of nitrogens with zero attached hydrogens (tertiary/aromatic N) is 1.